The summed E-state index contributed by atoms with van der Waals surface area (Å²) >= 11 is 0. The van der Waals surface area contributed by atoms with Crippen LogP contribution in [0.15, 0.2) is 24.3 Å². The van der Waals surface area contributed by atoms with E-state index in [0.29, 0.717) is 11.7 Å². The van der Waals surface area contributed by atoms with Crippen LogP contribution in [-0.4, -0.2) is 6.04 Å². The van der Waals surface area contributed by atoms with E-state index in [-0.39, 0.29) is 5.82 Å². The quantitative estimate of drug-likeness (QED) is 0.782. The lowest BCUT2D eigenvalue weighted by molar-refractivity contribution is 0.469. The molecular formula is C14H20FN. The predicted molar refractivity (Wildman–Crippen MR) is 66.1 cm³/mol. The summed E-state index contributed by atoms with van der Waals surface area (Å²) in [7, 11) is 0. The minimum absolute atomic E-state index is 0.135. The van der Waals surface area contributed by atoms with Gasteiger partial charge in [-0.25, -0.2) is 4.39 Å². The maximum Gasteiger partial charge on any atom is 0.146 e. The lowest BCUT2D eigenvalue weighted by Gasteiger charge is -2.22. The molecule has 1 aliphatic carbocycles. The van der Waals surface area contributed by atoms with Crippen LogP contribution >= 0.6 is 0 Å². The van der Waals surface area contributed by atoms with Gasteiger partial charge in [0.05, 0.1) is 5.69 Å². The number of nitrogens with one attached hydrogen (secondary N) is 1. The number of hydrogen-bond acceptors (Lipinski definition) is 1. The monoisotopic (exact) mass is 221 g/mol. The van der Waals surface area contributed by atoms with E-state index < -0.39 is 0 Å². The molecule has 0 amide bonds. The zero-order valence-corrected chi connectivity index (χ0v) is 9.71. The van der Waals surface area contributed by atoms with Gasteiger partial charge in [0.2, 0.25) is 0 Å². The molecule has 0 spiro atoms. The normalized spacial score (nSPS) is 18.8. The van der Waals surface area contributed by atoms with Crippen molar-refractivity contribution < 1.29 is 4.39 Å². The van der Waals surface area contributed by atoms with E-state index in [1.165, 1.54) is 51.0 Å². The van der Waals surface area contributed by atoms with E-state index >= 15 is 0 Å². The van der Waals surface area contributed by atoms with E-state index in [2.05, 4.69) is 5.32 Å². The van der Waals surface area contributed by atoms with E-state index in [9.17, 15) is 4.39 Å². The minimum atomic E-state index is -0.135. The second-order valence-corrected chi connectivity index (χ2v) is 4.67. The third-order valence-corrected chi connectivity index (χ3v) is 3.34. The van der Waals surface area contributed by atoms with Crippen LogP contribution in [0.2, 0.25) is 0 Å². The Morgan fingerprint density at radius 3 is 2.25 bits per heavy atom. The van der Waals surface area contributed by atoms with Crippen LogP contribution in [0.5, 0.6) is 0 Å². The molecule has 2 heteroatoms. The number of rotatable bonds is 2. The Bertz CT molecular complexity index is 316. The predicted octanol–water partition coefficient (Wildman–Crippen LogP) is 4.35. The van der Waals surface area contributed by atoms with Gasteiger partial charge in [0.1, 0.15) is 5.82 Å². The molecule has 16 heavy (non-hydrogen) atoms. The summed E-state index contributed by atoms with van der Waals surface area (Å²) in [6.07, 6.45) is 8.91. The molecule has 0 heterocycles. The SMILES string of the molecule is Fc1ccccc1NC1CCCCCCC1. The molecule has 1 nitrogen and oxygen atoms in total. The summed E-state index contributed by atoms with van der Waals surface area (Å²) in [5, 5.41) is 3.34. The summed E-state index contributed by atoms with van der Waals surface area (Å²) < 4.78 is 13.5. The first-order valence-corrected chi connectivity index (χ1v) is 6.37. The van der Waals surface area contributed by atoms with Crippen molar-refractivity contribution in [3.63, 3.8) is 0 Å². The molecule has 1 fully saturated rings. The van der Waals surface area contributed by atoms with Crippen molar-refractivity contribution in [2.45, 2.75) is 51.0 Å². The zero-order valence-electron chi connectivity index (χ0n) is 9.71. The summed E-state index contributed by atoms with van der Waals surface area (Å²) in [5.41, 5.74) is 0.660. The highest BCUT2D eigenvalue weighted by atomic mass is 19.1. The van der Waals surface area contributed by atoms with Gasteiger partial charge in [0, 0.05) is 6.04 Å². The van der Waals surface area contributed by atoms with Gasteiger partial charge >= 0.3 is 0 Å². The summed E-state index contributed by atoms with van der Waals surface area (Å²) in [6.45, 7) is 0. The standard InChI is InChI=1S/C14H20FN/c15-13-10-6-7-11-14(13)16-12-8-4-2-1-3-5-9-12/h6-7,10-12,16H,1-5,8-9H2. The Hall–Kier alpha value is -1.05. The van der Waals surface area contributed by atoms with Crippen LogP contribution in [0.4, 0.5) is 10.1 Å². The maximum absolute atomic E-state index is 13.5. The van der Waals surface area contributed by atoms with Crippen LogP contribution in [0.25, 0.3) is 0 Å². The largest absolute Gasteiger partial charge is 0.380 e. The molecule has 0 aliphatic heterocycles. The Kier molecular flexibility index (Phi) is 4.20. The number of anilines is 1. The van der Waals surface area contributed by atoms with Crippen molar-refractivity contribution in [3.8, 4) is 0 Å². The average molecular weight is 221 g/mol. The molecule has 1 aromatic rings. The van der Waals surface area contributed by atoms with Gasteiger partial charge in [0.15, 0.2) is 0 Å². The Balaban J connectivity index is 1.94. The van der Waals surface area contributed by atoms with Crippen LogP contribution in [0.3, 0.4) is 0 Å². The van der Waals surface area contributed by atoms with Gasteiger partial charge in [0.25, 0.3) is 0 Å². The van der Waals surface area contributed by atoms with Crippen molar-refractivity contribution in [2.24, 2.45) is 0 Å². The summed E-state index contributed by atoms with van der Waals surface area (Å²) in [5.74, 6) is -0.135. The minimum Gasteiger partial charge on any atom is -0.380 e. The average Bonchev–Trinajstić information content (AvgIpc) is 2.24. The fraction of sp³-hybridized carbons (Fsp3) is 0.571. The van der Waals surface area contributed by atoms with Gasteiger partial charge < -0.3 is 5.32 Å². The molecule has 0 radical (unpaired) electrons. The topological polar surface area (TPSA) is 12.0 Å². The fourth-order valence-corrected chi connectivity index (χ4v) is 2.40. The molecule has 1 aliphatic rings. The van der Waals surface area contributed by atoms with E-state index in [1.807, 2.05) is 12.1 Å². The Morgan fingerprint density at radius 1 is 0.938 bits per heavy atom. The van der Waals surface area contributed by atoms with Crippen molar-refractivity contribution in [1.29, 1.82) is 0 Å². The lowest BCUT2D eigenvalue weighted by atomic mass is 9.96. The molecule has 1 N–H and O–H groups in total. The summed E-state index contributed by atoms with van der Waals surface area (Å²) in [4.78, 5) is 0. The lowest BCUT2D eigenvalue weighted by Crippen LogP contribution is -2.21. The molecule has 1 saturated carbocycles. The van der Waals surface area contributed by atoms with Gasteiger partial charge in [-0.3, -0.25) is 0 Å². The third-order valence-electron chi connectivity index (χ3n) is 3.34. The second-order valence-electron chi connectivity index (χ2n) is 4.67. The first-order chi connectivity index (χ1) is 7.86. The molecule has 0 unspecified atom stereocenters. The number of para-hydroxylation sites is 1. The number of hydrogen-bond donors (Lipinski definition) is 1. The summed E-state index contributed by atoms with van der Waals surface area (Å²) in [6, 6.07) is 7.42. The van der Waals surface area contributed by atoms with Crippen LogP contribution in [-0.2, 0) is 0 Å². The van der Waals surface area contributed by atoms with Crippen LogP contribution in [0, 0.1) is 5.82 Å². The number of benzene rings is 1. The molecule has 1 aromatic carbocycles. The first-order valence-electron chi connectivity index (χ1n) is 6.37. The fourth-order valence-electron chi connectivity index (χ4n) is 2.40. The third kappa shape index (κ3) is 3.22. The highest BCUT2D eigenvalue weighted by molar-refractivity contribution is 5.45. The molecule has 88 valence electrons. The van der Waals surface area contributed by atoms with Crippen molar-refractivity contribution in [3.05, 3.63) is 30.1 Å². The van der Waals surface area contributed by atoms with Crippen molar-refractivity contribution in [2.75, 3.05) is 5.32 Å². The van der Waals surface area contributed by atoms with Gasteiger partial charge in [-0.05, 0) is 25.0 Å². The molecular weight excluding hydrogens is 201 g/mol. The molecule has 0 atom stereocenters. The molecule has 2 rings (SSSR count). The molecule has 0 bridgehead atoms. The zero-order chi connectivity index (χ0) is 11.2. The second kappa shape index (κ2) is 5.88. The smallest absolute Gasteiger partial charge is 0.146 e. The van der Waals surface area contributed by atoms with Crippen molar-refractivity contribution in [1.82, 2.24) is 0 Å². The molecule has 0 aromatic heterocycles. The van der Waals surface area contributed by atoms with E-state index in [1.54, 1.807) is 6.07 Å². The van der Waals surface area contributed by atoms with Crippen LogP contribution in [0.1, 0.15) is 44.9 Å². The van der Waals surface area contributed by atoms with Gasteiger partial charge in [-0.2, -0.15) is 0 Å². The Morgan fingerprint density at radius 2 is 1.56 bits per heavy atom. The highest BCUT2D eigenvalue weighted by Crippen LogP contribution is 2.22. The first kappa shape index (κ1) is 11.4. The van der Waals surface area contributed by atoms with E-state index in [4.69, 9.17) is 0 Å². The van der Waals surface area contributed by atoms with Gasteiger partial charge in [-0.15, -0.1) is 0 Å². The molecule has 0 saturated heterocycles. The van der Waals surface area contributed by atoms with Crippen LogP contribution < -0.4 is 5.32 Å². The number of halogens is 1. The maximum atomic E-state index is 13.5. The Labute approximate surface area is 97.1 Å². The van der Waals surface area contributed by atoms with Crippen molar-refractivity contribution >= 4 is 5.69 Å². The van der Waals surface area contributed by atoms with E-state index in [0.717, 1.165) is 0 Å². The highest BCUT2D eigenvalue weighted by Gasteiger charge is 2.12. The van der Waals surface area contributed by atoms with Gasteiger partial charge in [-0.1, -0.05) is 44.2 Å².